The first-order chi connectivity index (χ1) is 9.54. The van der Waals surface area contributed by atoms with Crippen LogP contribution in [0.5, 0.6) is 5.75 Å². The van der Waals surface area contributed by atoms with E-state index in [4.69, 9.17) is 32.4 Å². The second-order valence-corrected chi connectivity index (χ2v) is 5.64. The average Bonchev–Trinajstić information content (AvgIpc) is 2.86. The van der Waals surface area contributed by atoms with Crippen molar-refractivity contribution >= 4 is 23.2 Å². The predicted molar refractivity (Wildman–Crippen MR) is 81.5 cm³/mol. The number of ether oxygens (including phenoxy) is 1. The van der Waals surface area contributed by atoms with Crippen LogP contribution in [0.2, 0.25) is 10.0 Å². The minimum absolute atomic E-state index is 0.361. The van der Waals surface area contributed by atoms with E-state index in [-0.39, 0.29) is 0 Å². The van der Waals surface area contributed by atoms with Crippen molar-refractivity contribution in [3.05, 3.63) is 51.9 Å². The van der Waals surface area contributed by atoms with Gasteiger partial charge in [-0.25, -0.2) is 0 Å². The van der Waals surface area contributed by atoms with E-state index >= 15 is 0 Å². The minimum atomic E-state index is 0.361. The fourth-order valence-corrected chi connectivity index (χ4v) is 1.93. The molecular weight excluding hydrogens is 297 g/mol. The van der Waals surface area contributed by atoms with Gasteiger partial charge in [-0.15, -0.1) is 0 Å². The van der Waals surface area contributed by atoms with Gasteiger partial charge in [0.25, 0.3) is 0 Å². The first-order valence-electron chi connectivity index (χ1n) is 6.42. The highest BCUT2D eigenvalue weighted by Crippen LogP contribution is 2.26. The topological polar surface area (TPSA) is 34.4 Å². The lowest BCUT2D eigenvalue weighted by atomic mass is 10.3. The summed E-state index contributed by atoms with van der Waals surface area (Å²) < 4.78 is 11.1. The molecule has 108 valence electrons. The number of furan rings is 1. The summed E-state index contributed by atoms with van der Waals surface area (Å²) in [4.78, 5) is 0. The van der Waals surface area contributed by atoms with Crippen molar-refractivity contribution in [2.75, 3.05) is 0 Å². The highest BCUT2D eigenvalue weighted by molar-refractivity contribution is 6.42. The molecule has 5 heteroatoms. The normalized spacial score (nSPS) is 11.1. The molecule has 0 saturated heterocycles. The van der Waals surface area contributed by atoms with E-state index in [0.29, 0.717) is 28.4 Å². The third-order valence-electron chi connectivity index (χ3n) is 2.69. The van der Waals surface area contributed by atoms with E-state index in [2.05, 4.69) is 19.2 Å². The lowest BCUT2D eigenvalue weighted by Crippen LogP contribution is -2.21. The molecular formula is C15H17Cl2NO2. The van der Waals surface area contributed by atoms with E-state index < -0.39 is 0 Å². The van der Waals surface area contributed by atoms with E-state index in [9.17, 15) is 0 Å². The van der Waals surface area contributed by atoms with Crippen molar-refractivity contribution in [2.24, 2.45) is 0 Å². The fraction of sp³-hybridized carbons (Fsp3) is 0.333. The number of hydrogen-bond donors (Lipinski definition) is 1. The van der Waals surface area contributed by atoms with Gasteiger partial charge in [0.2, 0.25) is 0 Å². The van der Waals surface area contributed by atoms with Crippen LogP contribution in [-0.2, 0) is 13.2 Å². The highest BCUT2D eigenvalue weighted by Gasteiger charge is 2.05. The summed E-state index contributed by atoms with van der Waals surface area (Å²) in [7, 11) is 0. The number of rotatable bonds is 6. The summed E-state index contributed by atoms with van der Waals surface area (Å²) in [5.74, 6) is 1.44. The number of nitrogens with one attached hydrogen (secondary N) is 1. The highest BCUT2D eigenvalue weighted by atomic mass is 35.5. The Hall–Kier alpha value is -1.16. The van der Waals surface area contributed by atoms with Gasteiger partial charge in [-0.1, -0.05) is 37.0 Å². The molecule has 0 saturated carbocycles. The van der Waals surface area contributed by atoms with Crippen molar-refractivity contribution in [3.8, 4) is 5.75 Å². The summed E-state index contributed by atoms with van der Waals surface area (Å²) >= 11 is 11.8. The van der Waals surface area contributed by atoms with Crippen LogP contribution in [0, 0.1) is 0 Å². The van der Waals surface area contributed by atoms with Crippen LogP contribution in [0.25, 0.3) is 0 Å². The van der Waals surface area contributed by atoms with Crippen LogP contribution in [0.15, 0.2) is 34.9 Å². The van der Waals surface area contributed by atoms with Crippen LogP contribution in [-0.4, -0.2) is 6.04 Å². The molecule has 1 N–H and O–H groups in total. The van der Waals surface area contributed by atoms with Crippen molar-refractivity contribution in [1.29, 1.82) is 0 Å². The van der Waals surface area contributed by atoms with Crippen LogP contribution in [0.4, 0.5) is 0 Å². The first kappa shape index (κ1) is 15.2. The standard InChI is InChI=1S/C15H17Cl2NO2/c1-10(2)18-7-11-5-13(19-8-11)9-20-12-3-4-14(16)15(17)6-12/h3-6,8,10,18H,7,9H2,1-2H3. The lowest BCUT2D eigenvalue weighted by Gasteiger charge is -2.05. The summed E-state index contributed by atoms with van der Waals surface area (Å²) in [6, 6.07) is 7.60. The van der Waals surface area contributed by atoms with Crippen LogP contribution < -0.4 is 10.1 Å². The first-order valence-corrected chi connectivity index (χ1v) is 7.17. The largest absolute Gasteiger partial charge is 0.486 e. The van der Waals surface area contributed by atoms with Crippen molar-refractivity contribution in [1.82, 2.24) is 5.32 Å². The molecule has 0 atom stereocenters. The minimum Gasteiger partial charge on any atom is -0.486 e. The zero-order valence-electron chi connectivity index (χ0n) is 11.5. The van der Waals surface area contributed by atoms with Gasteiger partial charge in [0.1, 0.15) is 18.1 Å². The fourth-order valence-electron chi connectivity index (χ4n) is 1.64. The molecule has 0 fully saturated rings. The third-order valence-corrected chi connectivity index (χ3v) is 3.43. The molecule has 0 spiro atoms. The zero-order valence-corrected chi connectivity index (χ0v) is 13.0. The molecule has 0 bridgehead atoms. The molecule has 3 nitrogen and oxygen atoms in total. The predicted octanol–water partition coefficient (Wildman–Crippen LogP) is 4.66. The summed E-state index contributed by atoms with van der Waals surface area (Å²) in [5, 5.41) is 4.32. The Morgan fingerprint density at radius 3 is 2.70 bits per heavy atom. The zero-order chi connectivity index (χ0) is 14.5. The molecule has 20 heavy (non-hydrogen) atoms. The molecule has 1 aromatic carbocycles. The Labute approximate surface area is 128 Å². The lowest BCUT2D eigenvalue weighted by molar-refractivity contribution is 0.270. The second-order valence-electron chi connectivity index (χ2n) is 4.82. The van der Waals surface area contributed by atoms with E-state index in [1.54, 1.807) is 24.5 Å². The van der Waals surface area contributed by atoms with Crippen molar-refractivity contribution < 1.29 is 9.15 Å². The van der Waals surface area contributed by atoms with Crippen LogP contribution in [0.3, 0.4) is 0 Å². The molecule has 0 aliphatic rings. The Morgan fingerprint density at radius 1 is 1.20 bits per heavy atom. The Morgan fingerprint density at radius 2 is 2.00 bits per heavy atom. The molecule has 1 aromatic heterocycles. The Bertz CT molecular complexity index is 567. The molecule has 0 aliphatic carbocycles. The summed E-state index contributed by atoms with van der Waals surface area (Å²) in [5.41, 5.74) is 1.10. The average molecular weight is 314 g/mol. The smallest absolute Gasteiger partial charge is 0.146 e. The van der Waals surface area contributed by atoms with Gasteiger partial charge in [-0.3, -0.25) is 0 Å². The van der Waals surface area contributed by atoms with Gasteiger partial charge in [0, 0.05) is 24.2 Å². The molecule has 0 unspecified atom stereocenters. The van der Waals surface area contributed by atoms with Crippen molar-refractivity contribution in [2.45, 2.75) is 33.0 Å². The van der Waals surface area contributed by atoms with Crippen LogP contribution in [0.1, 0.15) is 25.2 Å². The third kappa shape index (κ3) is 4.44. The number of hydrogen-bond acceptors (Lipinski definition) is 3. The molecule has 0 amide bonds. The van der Waals surface area contributed by atoms with Crippen LogP contribution >= 0.6 is 23.2 Å². The van der Waals surface area contributed by atoms with Gasteiger partial charge in [-0.2, -0.15) is 0 Å². The maximum atomic E-state index is 5.93. The molecule has 0 aliphatic heterocycles. The Kier molecular flexibility index (Phi) is 5.35. The van der Waals surface area contributed by atoms with Crippen molar-refractivity contribution in [3.63, 3.8) is 0 Å². The molecule has 1 heterocycles. The maximum Gasteiger partial charge on any atom is 0.146 e. The van der Waals surface area contributed by atoms with Gasteiger partial charge in [-0.05, 0) is 18.2 Å². The van der Waals surface area contributed by atoms with Gasteiger partial charge >= 0.3 is 0 Å². The number of benzene rings is 1. The SMILES string of the molecule is CC(C)NCc1coc(COc2ccc(Cl)c(Cl)c2)c1. The van der Waals surface area contributed by atoms with Gasteiger partial charge in [0.05, 0.1) is 16.3 Å². The summed E-state index contributed by atoms with van der Waals surface area (Å²) in [6.07, 6.45) is 1.74. The molecule has 0 radical (unpaired) electrons. The van der Waals surface area contributed by atoms with E-state index in [0.717, 1.165) is 17.9 Å². The van der Waals surface area contributed by atoms with Gasteiger partial charge < -0.3 is 14.5 Å². The van der Waals surface area contributed by atoms with E-state index in [1.165, 1.54) is 0 Å². The monoisotopic (exact) mass is 313 g/mol. The molecule has 2 aromatic rings. The summed E-state index contributed by atoms with van der Waals surface area (Å²) in [6.45, 7) is 5.36. The van der Waals surface area contributed by atoms with E-state index in [1.807, 2.05) is 6.07 Å². The second kappa shape index (κ2) is 7.02. The maximum absolute atomic E-state index is 5.93. The quantitative estimate of drug-likeness (QED) is 0.842. The van der Waals surface area contributed by atoms with Gasteiger partial charge in [0.15, 0.2) is 0 Å². The molecule has 2 rings (SSSR count). The Balaban J connectivity index is 1.89. The number of halogens is 2.